The summed E-state index contributed by atoms with van der Waals surface area (Å²) in [5.74, 6) is 0.176. The molecule has 1 unspecified atom stereocenters. The van der Waals surface area contributed by atoms with Crippen LogP contribution in [-0.2, 0) is 10.9 Å². The highest BCUT2D eigenvalue weighted by Crippen LogP contribution is 2.28. The van der Waals surface area contributed by atoms with Crippen LogP contribution in [0.2, 0.25) is 0 Å². The number of nitrogens with zero attached hydrogens (tertiary/aromatic N) is 1. The predicted molar refractivity (Wildman–Crippen MR) is 78.5 cm³/mol. The fourth-order valence-corrected chi connectivity index (χ4v) is 2.03. The number of halogens is 3. The highest BCUT2D eigenvalue weighted by atomic mass is 19.4. The molecule has 22 heavy (non-hydrogen) atoms. The van der Waals surface area contributed by atoms with E-state index in [1.54, 1.807) is 0 Å². The van der Waals surface area contributed by atoms with Gasteiger partial charge in [0, 0.05) is 13.2 Å². The van der Waals surface area contributed by atoms with Gasteiger partial charge >= 0.3 is 6.18 Å². The van der Waals surface area contributed by atoms with Crippen LogP contribution in [0.5, 0.6) is 0 Å². The fourth-order valence-electron chi connectivity index (χ4n) is 2.03. The van der Waals surface area contributed by atoms with Crippen molar-refractivity contribution < 1.29 is 17.9 Å². The summed E-state index contributed by atoms with van der Waals surface area (Å²) in [6, 6.07) is 13.3. The van der Waals surface area contributed by atoms with Crippen molar-refractivity contribution in [3.63, 3.8) is 0 Å². The number of pyridine rings is 1. The number of aromatic nitrogens is 1. The van der Waals surface area contributed by atoms with Gasteiger partial charge in [-0.05, 0) is 24.6 Å². The molecule has 1 N–H and O–H groups in total. The topological polar surface area (TPSA) is 34.1 Å². The first-order chi connectivity index (χ1) is 10.5. The van der Waals surface area contributed by atoms with Crippen molar-refractivity contribution in [3.8, 4) is 0 Å². The summed E-state index contributed by atoms with van der Waals surface area (Å²) in [6.07, 6.45) is -4.70. The van der Waals surface area contributed by atoms with E-state index in [2.05, 4.69) is 10.3 Å². The van der Waals surface area contributed by atoms with E-state index < -0.39 is 11.9 Å². The molecule has 1 aromatic heterocycles. The Kier molecular flexibility index (Phi) is 5.38. The highest BCUT2D eigenvalue weighted by Gasteiger charge is 2.32. The maximum Gasteiger partial charge on any atom is 0.433 e. The average molecular weight is 310 g/mol. The molecule has 1 heterocycles. The standard InChI is InChI=1S/C16H17F3N2O/c1-2-22-13(12-7-4-3-5-8-12)11-20-15-10-6-9-14(21-15)16(17,18)19/h3-10,13H,2,11H2,1H3,(H,20,21). The molecule has 0 saturated carbocycles. The van der Waals surface area contributed by atoms with Gasteiger partial charge in [-0.1, -0.05) is 36.4 Å². The molecule has 0 amide bonds. The van der Waals surface area contributed by atoms with Crippen LogP contribution in [0.25, 0.3) is 0 Å². The first-order valence-corrected chi connectivity index (χ1v) is 6.95. The average Bonchev–Trinajstić information content (AvgIpc) is 2.52. The third kappa shape index (κ3) is 4.46. The van der Waals surface area contributed by atoms with Gasteiger partial charge < -0.3 is 10.1 Å². The summed E-state index contributed by atoms with van der Waals surface area (Å²) < 4.78 is 43.5. The Bertz CT molecular complexity index is 587. The Labute approximate surface area is 127 Å². The summed E-state index contributed by atoms with van der Waals surface area (Å²) in [5, 5.41) is 2.90. The van der Waals surface area contributed by atoms with Crippen molar-refractivity contribution in [2.75, 3.05) is 18.5 Å². The highest BCUT2D eigenvalue weighted by molar-refractivity contribution is 5.36. The second-order valence-electron chi connectivity index (χ2n) is 4.64. The van der Waals surface area contributed by atoms with Gasteiger partial charge in [-0.3, -0.25) is 0 Å². The lowest BCUT2D eigenvalue weighted by Crippen LogP contribution is -2.17. The van der Waals surface area contributed by atoms with E-state index in [1.807, 2.05) is 37.3 Å². The van der Waals surface area contributed by atoms with Crippen molar-refractivity contribution in [2.45, 2.75) is 19.2 Å². The lowest BCUT2D eigenvalue weighted by molar-refractivity contribution is -0.141. The molecule has 0 aliphatic heterocycles. The Hall–Kier alpha value is -2.08. The van der Waals surface area contributed by atoms with Crippen LogP contribution in [0, 0.1) is 0 Å². The quantitative estimate of drug-likeness (QED) is 0.864. The molecule has 1 aromatic carbocycles. The Morgan fingerprint density at radius 3 is 2.45 bits per heavy atom. The summed E-state index contributed by atoms with van der Waals surface area (Å²) in [5.41, 5.74) is 0.0500. The number of benzene rings is 1. The molecule has 0 radical (unpaired) electrons. The van der Waals surface area contributed by atoms with Crippen LogP contribution in [0.3, 0.4) is 0 Å². The number of hydrogen-bond acceptors (Lipinski definition) is 3. The SMILES string of the molecule is CCOC(CNc1cccc(C(F)(F)F)n1)c1ccccc1. The second-order valence-corrected chi connectivity index (χ2v) is 4.64. The van der Waals surface area contributed by atoms with Crippen molar-refractivity contribution in [1.82, 2.24) is 4.98 Å². The zero-order valence-electron chi connectivity index (χ0n) is 12.1. The molecule has 0 fully saturated rings. The number of ether oxygens (including phenoxy) is 1. The first kappa shape index (κ1) is 16.3. The number of alkyl halides is 3. The zero-order chi connectivity index (χ0) is 16.0. The summed E-state index contributed by atoms with van der Waals surface area (Å²) in [7, 11) is 0. The van der Waals surface area contributed by atoms with Gasteiger partial charge in [0.2, 0.25) is 0 Å². The Morgan fingerprint density at radius 2 is 1.82 bits per heavy atom. The number of nitrogens with one attached hydrogen (secondary N) is 1. The normalized spacial score (nSPS) is 12.9. The molecule has 0 spiro atoms. The summed E-state index contributed by atoms with van der Waals surface area (Å²) in [4.78, 5) is 3.58. The van der Waals surface area contributed by atoms with Crippen molar-refractivity contribution in [3.05, 3.63) is 59.8 Å². The minimum atomic E-state index is -4.45. The molecule has 118 valence electrons. The molecule has 0 aliphatic carbocycles. The van der Waals surface area contributed by atoms with E-state index in [4.69, 9.17) is 4.74 Å². The monoisotopic (exact) mass is 310 g/mol. The minimum absolute atomic E-state index is 0.176. The minimum Gasteiger partial charge on any atom is -0.372 e. The van der Waals surface area contributed by atoms with Crippen LogP contribution < -0.4 is 5.32 Å². The number of hydrogen-bond donors (Lipinski definition) is 1. The van der Waals surface area contributed by atoms with E-state index in [9.17, 15) is 13.2 Å². The number of rotatable bonds is 6. The van der Waals surface area contributed by atoms with E-state index in [1.165, 1.54) is 12.1 Å². The summed E-state index contributed by atoms with van der Waals surface area (Å²) >= 11 is 0. The fraction of sp³-hybridized carbons (Fsp3) is 0.312. The molecule has 3 nitrogen and oxygen atoms in total. The first-order valence-electron chi connectivity index (χ1n) is 6.95. The van der Waals surface area contributed by atoms with E-state index >= 15 is 0 Å². The molecular formula is C16H17F3N2O. The van der Waals surface area contributed by atoms with Gasteiger partial charge in [0.1, 0.15) is 11.5 Å². The van der Waals surface area contributed by atoms with Gasteiger partial charge in [0.05, 0.1) is 6.10 Å². The van der Waals surface area contributed by atoms with Gasteiger partial charge in [0.25, 0.3) is 0 Å². The predicted octanol–water partition coefficient (Wildman–Crippen LogP) is 4.29. The lowest BCUT2D eigenvalue weighted by atomic mass is 10.1. The van der Waals surface area contributed by atoms with E-state index in [0.29, 0.717) is 13.2 Å². The molecular weight excluding hydrogens is 293 g/mol. The third-order valence-corrected chi connectivity index (χ3v) is 3.05. The van der Waals surface area contributed by atoms with Crippen LogP contribution in [0.15, 0.2) is 48.5 Å². The van der Waals surface area contributed by atoms with Crippen LogP contribution in [-0.4, -0.2) is 18.1 Å². The smallest absolute Gasteiger partial charge is 0.372 e. The molecule has 0 saturated heterocycles. The molecule has 6 heteroatoms. The van der Waals surface area contributed by atoms with Crippen LogP contribution >= 0.6 is 0 Å². The maximum absolute atomic E-state index is 12.6. The largest absolute Gasteiger partial charge is 0.433 e. The van der Waals surface area contributed by atoms with Gasteiger partial charge in [-0.15, -0.1) is 0 Å². The van der Waals surface area contributed by atoms with Crippen molar-refractivity contribution >= 4 is 5.82 Å². The molecule has 0 aliphatic rings. The molecule has 1 atom stereocenters. The molecule has 2 rings (SSSR count). The van der Waals surface area contributed by atoms with Crippen LogP contribution in [0.4, 0.5) is 19.0 Å². The van der Waals surface area contributed by atoms with E-state index in [-0.39, 0.29) is 11.9 Å². The summed E-state index contributed by atoms with van der Waals surface area (Å²) in [6.45, 7) is 2.72. The second kappa shape index (κ2) is 7.26. The van der Waals surface area contributed by atoms with Crippen LogP contribution in [0.1, 0.15) is 24.3 Å². The van der Waals surface area contributed by atoms with Crippen molar-refractivity contribution in [2.24, 2.45) is 0 Å². The zero-order valence-corrected chi connectivity index (χ0v) is 12.1. The van der Waals surface area contributed by atoms with Crippen molar-refractivity contribution in [1.29, 1.82) is 0 Å². The van der Waals surface area contributed by atoms with Gasteiger partial charge in [-0.2, -0.15) is 13.2 Å². The van der Waals surface area contributed by atoms with Gasteiger partial charge in [0.15, 0.2) is 0 Å². The number of anilines is 1. The van der Waals surface area contributed by atoms with E-state index in [0.717, 1.165) is 11.6 Å². The Morgan fingerprint density at radius 1 is 1.09 bits per heavy atom. The Balaban J connectivity index is 2.07. The molecule has 0 bridgehead atoms. The lowest BCUT2D eigenvalue weighted by Gasteiger charge is -2.18. The maximum atomic E-state index is 12.6. The third-order valence-electron chi connectivity index (χ3n) is 3.05. The molecule has 2 aromatic rings. The van der Waals surface area contributed by atoms with Gasteiger partial charge in [-0.25, -0.2) is 4.98 Å².